The van der Waals surface area contributed by atoms with Crippen molar-refractivity contribution in [3.8, 4) is 0 Å². The Kier molecular flexibility index (Phi) is 5.73. The summed E-state index contributed by atoms with van der Waals surface area (Å²) >= 11 is 7.97. The zero-order valence-electron chi connectivity index (χ0n) is 11.8. The van der Waals surface area contributed by atoms with Crippen molar-refractivity contribution < 1.29 is 0 Å². The largest absolute Gasteiger partial charge is 0.368 e. The van der Waals surface area contributed by atoms with E-state index in [9.17, 15) is 0 Å². The van der Waals surface area contributed by atoms with Gasteiger partial charge in [-0.25, -0.2) is 9.97 Å². The molecular weight excluding hydrogens is 266 g/mol. The number of aromatic nitrogens is 2. The fraction of sp³-hybridized carbons (Fsp3) is 0.692. The molecule has 0 saturated heterocycles. The Morgan fingerprint density at radius 1 is 1.33 bits per heavy atom. The van der Waals surface area contributed by atoms with E-state index in [2.05, 4.69) is 42.3 Å². The van der Waals surface area contributed by atoms with Crippen LogP contribution in [0.5, 0.6) is 0 Å². The first-order chi connectivity index (χ1) is 8.39. The van der Waals surface area contributed by atoms with E-state index in [-0.39, 0.29) is 4.75 Å². The van der Waals surface area contributed by atoms with Gasteiger partial charge in [0.05, 0.1) is 0 Å². The molecule has 0 aromatic carbocycles. The van der Waals surface area contributed by atoms with Crippen LogP contribution < -0.4 is 5.32 Å². The van der Waals surface area contributed by atoms with E-state index in [0.29, 0.717) is 5.15 Å². The summed E-state index contributed by atoms with van der Waals surface area (Å²) in [5.41, 5.74) is 0.924. The lowest BCUT2D eigenvalue weighted by Crippen LogP contribution is -2.26. The van der Waals surface area contributed by atoms with Crippen LogP contribution in [0, 0.1) is 6.92 Å². The molecule has 0 aliphatic heterocycles. The second-order valence-electron chi connectivity index (χ2n) is 4.97. The quantitative estimate of drug-likeness (QED) is 0.804. The first-order valence-electron chi connectivity index (χ1n) is 6.21. The summed E-state index contributed by atoms with van der Waals surface area (Å²) in [6.07, 6.45) is 4.00. The third-order valence-electron chi connectivity index (χ3n) is 2.84. The molecule has 0 bridgehead atoms. The fourth-order valence-corrected chi connectivity index (χ4v) is 1.81. The van der Waals surface area contributed by atoms with Crippen molar-refractivity contribution in [1.82, 2.24) is 9.97 Å². The van der Waals surface area contributed by atoms with Crippen molar-refractivity contribution in [3.05, 3.63) is 16.5 Å². The highest BCUT2D eigenvalue weighted by Crippen LogP contribution is 2.24. The summed E-state index contributed by atoms with van der Waals surface area (Å²) in [7, 11) is 0. The fourth-order valence-electron chi connectivity index (χ4n) is 1.41. The lowest BCUT2D eigenvalue weighted by atomic mass is 10.2. The molecule has 0 aliphatic carbocycles. The third kappa shape index (κ3) is 4.32. The molecule has 0 aliphatic rings. The molecule has 0 spiro atoms. The molecule has 0 radical (unpaired) electrons. The van der Waals surface area contributed by atoms with Gasteiger partial charge in [-0.2, -0.15) is 11.8 Å². The van der Waals surface area contributed by atoms with Crippen molar-refractivity contribution in [2.45, 2.75) is 45.3 Å². The van der Waals surface area contributed by atoms with Crippen LogP contribution in [0.1, 0.15) is 38.6 Å². The smallest absolute Gasteiger partial charge is 0.137 e. The second-order valence-corrected chi connectivity index (χ2v) is 6.84. The number of nitrogens with zero attached hydrogens (tertiary/aromatic N) is 2. The standard InChI is InChI=1S/C13H22ClN3S/c1-6-7-10-16-11(14)9(2)12(17-10)15-8-13(3,4)18-5/h6-8H2,1-5H3,(H,15,16,17). The Morgan fingerprint density at radius 3 is 2.56 bits per heavy atom. The molecule has 1 aromatic heterocycles. The zero-order valence-corrected chi connectivity index (χ0v) is 13.4. The van der Waals surface area contributed by atoms with Gasteiger partial charge in [0.2, 0.25) is 0 Å². The average molecular weight is 288 g/mol. The van der Waals surface area contributed by atoms with Gasteiger partial charge in [-0.15, -0.1) is 0 Å². The molecule has 0 fully saturated rings. The SMILES string of the molecule is CCCc1nc(Cl)c(C)c(NCC(C)(C)SC)n1. The van der Waals surface area contributed by atoms with Crippen LogP contribution in [-0.4, -0.2) is 27.5 Å². The molecule has 0 saturated carbocycles. The summed E-state index contributed by atoms with van der Waals surface area (Å²) in [6, 6.07) is 0. The molecule has 0 unspecified atom stereocenters. The minimum atomic E-state index is 0.175. The highest BCUT2D eigenvalue weighted by molar-refractivity contribution is 7.99. The Bertz CT molecular complexity index is 407. The van der Waals surface area contributed by atoms with E-state index in [1.54, 1.807) is 0 Å². The van der Waals surface area contributed by atoms with E-state index in [1.807, 2.05) is 18.7 Å². The van der Waals surface area contributed by atoms with Crippen molar-refractivity contribution in [1.29, 1.82) is 0 Å². The van der Waals surface area contributed by atoms with Gasteiger partial charge in [0.1, 0.15) is 16.8 Å². The van der Waals surface area contributed by atoms with Crippen molar-refractivity contribution in [3.63, 3.8) is 0 Å². The maximum absolute atomic E-state index is 6.14. The molecule has 0 amide bonds. The maximum atomic E-state index is 6.14. The van der Waals surface area contributed by atoms with Crippen molar-refractivity contribution in [2.24, 2.45) is 0 Å². The van der Waals surface area contributed by atoms with Gasteiger partial charge < -0.3 is 5.32 Å². The molecule has 5 heteroatoms. The number of anilines is 1. The molecule has 0 atom stereocenters. The van der Waals surface area contributed by atoms with E-state index in [1.165, 1.54) is 0 Å². The van der Waals surface area contributed by atoms with Gasteiger partial charge >= 0.3 is 0 Å². The van der Waals surface area contributed by atoms with Crippen LogP contribution >= 0.6 is 23.4 Å². The van der Waals surface area contributed by atoms with Crippen LogP contribution in [0.4, 0.5) is 5.82 Å². The van der Waals surface area contributed by atoms with E-state index >= 15 is 0 Å². The van der Waals surface area contributed by atoms with Crippen molar-refractivity contribution in [2.75, 3.05) is 18.1 Å². The van der Waals surface area contributed by atoms with Gasteiger partial charge in [0.25, 0.3) is 0 Å². The predicted octanol–water partition coefficient (Wildman–Crippen LogP) is 3.94. The first-order valence-corrected chi connectivity index (χ1v) is 7.82. The van der Waals surface area contributed by atoms with Crippen LogP contribution in [0.2, 0.25) is 5.15 Å². The highest BCUT2D eigenvalue weighted by Gasteiger charge is 2.17. The molecule has 1 N–H and O–H groups in total. The number of nitrogens with one attached hydrogen (secondary N) is 1. The Labute approximate surface area is 119 Å². The van der Waals surface area contributed by atoms with E-state index in [0.717, 1.165) is 36.6 Å². The van der Waals surface area contributed by atoms with Crippen LogP contribution in [0.15, 0.2) is 0 Å². The zero-order chi connectivity index (χ0) is 13.8. The number of rotatable bonds is 6. The van der Waals surface area contributed by atoms with Gasteiger partial charge in [0.15, 0.2) is 0 Å². The minimum absolute atomic E-state index is 0.175. The summed E-state index contributed by atoms with van der Waals surface area (Å²) < 4.78 is 0.175. The number of thioether (sulfide) groups is 1. The summed E-state index contributed by atoms with van der Waals surface area (Å²) in [4.78, 5) is 8.84. The predicted molar refractivity (Wildman–Crippen MR) is 81.9 cm³/mol. The van der Waals surface area contributed by atoms with Gasteiger partial charge in [-0.3, -0.25) is 0 Å². The summed E-state index contributed by atoms with van der Waals surface area (Å²) in [5.74, 6) is 1.68. The van der Waals surface area contributed by atoms with Crippen LogP contribution in [0.3, 0.4) is 0 Å². The number of aryl methyl sites for hydroxylation is 1. The van der Waals surface area contributed by atoms with Crippen LogP contribution in [0.25, 0.3) is 0 Å². The monoisotopic (exact) mass is 287 g/mol. The number of hydrogen-bond acceptors (Lipinski definition) is 4. The Balaban J connectivity index is 2.87. The van der Waals surface area contributed by atoms with Crippen LogP contribution in [-0.2, 0) is 6.42 Å². The number of halogens is 1. The molecule has 1 aromatic rings. The van der Waals surface area contributed by atoms with Crippen molar-refractivity contribution >= 4 is 29.2 Å². The molecule has 1 heterocycles. The molecule has 102 valence electrons. The second kappa shape index (κ2) is 6.62. The lowest BCUT2D eigenvalue weighted by molar-refractivity contribution is 0.745. The molecule has 1 rings (SSSR count). The highest BCUT2D eigenvalue weighted by atomic mass is 35.5. The normalized spacial score (nSPS) is 11.7. The molecule has 18 heavy (non-hydrogen) atoms. The maximum Gasteiger partial charge on any atom is 0.137 e. The summed E-state index contributed by atoms with van der Waals surface area (Å²) in [5, 5.41) is 3.94. The number of hydrogen-bond donors (Lipinski definition) is 1. The topological polar surface area (TPSA) is 37.8 Å². The third-order valence-corrected chi connectivity index (χ3v) is 4.46. The van der Waals surface area contributed by atoms with E-state index in [4.69, 9.17) is 11.6 Å². The van der Waals surface area contributed by atoms with Gasteiger partial charge in [-0.1, -0.05) is 18.5 Å². The Hall–Kier alpha value is -0.480. The Morgan fingerprint density at radius 2 is 2.00 bits per heavy atom. The first kappa shape index (κ1) is 15.6. The minimum Gasteiger partial charge on any atom is -0.368 e. The lowest BCUT2D eigenvalue weighted by Gasteiger charge is -2.23. The molecular formula is C13H22ClN3S. The summed E-state index contributed by atoms with van der Waals surface area (Å²) in [6.45, 7) is 9.33. The van der Waals surface area contributed by atoms with E-state index < -0.39 is 0 Å². The molecule has 3 nitrogen and oxygen atoms in total. The van der Waals surface area contributed by atoms with Gasteiger partial charge in [-0.05, 0) is 33.4 Å². The van der Waals surface area contributed by atoms with Gasteiger partial charge in [0, 0.05) is 23.3 Å². The average Bonchev–Trinajstić information content (AvgIpc) is 2.32.